The van der Waals surface area contributed by atoms with Crippen molar-refractivity contribution in [2.24, 2.45) is 5.73 Å². The van der Waals surface area contributed by atoms with E-state index in [-0.39, 0.29) is 11.9 Å². The van der Waals surface area contributed by atoms with Crippen LogP contribution in [0.15, 0.2) is 24.3 Å². The summed E-state index contributed by atoms with van der Waals surface area (Å²) in [7, 11) is 0. The van der Waals surface area contributed by atoms with Gasteiger partial charge in [-0.2, -0.15) is 0 Å². The van der Waals surface area contributed by atoms with Crippen molar-refractivity contribution in [3.05, 3.63) is 35.6 Å². The number of rotatable bonds is 4. The first-order valence-corrected chi connectivity index (χ1v) is 4.33. The highest BCUT2D eigenvalue weighted by Crippen LogP contribution is 2.11. The van der Waals surface area contributed by atoms with Crippen molar-refractivity contribution in [2.45, 2.75) is 13.0 Å². The number of nitrogens with two attached hydrogens (primary N) is 1. The molecule has 2 nitrogen and oxygen atoms in total. The molecule has 0 amide bonds. The summed E-state index contributed by atoms with van der Waals surface area (Å²) in [5, 5.41) is 0. The summed E-state index contributed by atoms with van der Waals surface area (Å²) >= 11 is 0. The van der Waals surface area contributed by atoms with E-state index in [1.807, 2.05) is 6.92 Å². The maximum absolute atomic E-state index is 12.5. The van der Waals surface area contributed by atoms with Gasteiger partial charge in [-0.25, -0.2) is 4.39 Å². The molecule has 0 radical (unpaired) electrons. The van der Waals surface area contributed by atoms with E-state index in [4.69, 9.17) is 10.5 Å². The Morgan fingerprint density at radius 1 is 1.38 bits per heavy atom. The summed E-state index contributed by atoms with van der Waals surface area (Å²) < 4.78 is 17.7. The lowest BCUT2D eigenvalue weighted by molar-refractivity contribution is 0.133. The van der Waals surface area contributed by atoms with Crippen LogP contribution in [0, 0.1) is 5.82 Å². The summed E-state index contributed by atoms with van der Waals surface area (Å²) in [6.45, 7) is 3.04. The Hall–Kier alpha value is -0.930. The van der Waals surface area contributed by atoms with Crippen LogP contribution in [0.5, 0.6) is 0 Å². The standard InChI is InChI=1S/C10H14FNO/c1-2-13-7-10(12)8-3-5-9(11)6-4-8/h3-6,10H,2,7,12H2,1H3/t10-/m1/s1. The van der Waals surface area contributed by atoms with Gasteiger partial charge in [0.25, 0.3) is 0 Å². The number of hydrogen-bond acceptors (Lipinski definition) is 2. The molecule has 0 aliphatic heterocycles. The van der Waals surface area contributed by atoms with Gasteiger partial charge in [-0.3, -0.25) is 0 Å². The quantitative estimate of drug-likeness (QED) is 0.773. The predicted molar refractivity (Wildman–Crippen MR) is 49.8 cm³/mol. The lowest BCUT2D eigenvalue weighted by Crippen LogP contribution is -2.16. The van der Waals surface area contributed by atoms with Crippen molar-refractivity contribution in [2.75, 3.05) is 13.2 Å². The fourth-order valence-corrected chi connectivity index (χ4v) is 1.05. The van der Waals surface area contributed by atoms with Crippen LogP contribution in [0.1, 0.15) is 18.5 Å². The Balaban J connectivity index is 2.55. The van der Waals surface area contributed by atoms with E-state index in [9.17, 15) is 4.39 Å². The topological polar surface area (TPSA) is 35.2 Å². The third kappa shape index (κ3) is 3.13. The molecule has 72 valence electrons. The van der Waals surface area contributed by atoms with Gasteiger partial charge >= 0.3 is 0 Å². The zero-order chi connectivity index (χ0) is 9.68. The molecule has 0 heterocycles. The largest absolute Gasteiger partial charge is 0.380 e. The molecule has 0 aliphatic rings. The number of hydrogen-bond donors (Lipinski definition) is 1. The average Bonchev–Trinajstić information content (AvgIpc) is 2.15. The Labute approximate surface area is 77.5 Å². The first kappa shape index (κ1) is 10.2. The van der Waals surface area contributed by atoms with E-state index >= 15 is 0 Å². The van der Waals surface area contributed by atoms with Crippen molar-refractivity contribution < 1.29 is 9.13 Å². The Bertz CT molecular complexity index is 248. The predicted octanol–water partition coefficient (Wildman–Crippen LogP) is 1.86. The van der Waals surface area contributed by atoms with E-state index in [1.54, 1.807) is 12.1 Å². The maximum atomic E-state index is 12.5. The zero-order valence-electron chi connectivity index (χ0n) is 7.66. The van der Waals surface area contributed by atoms with Crippen molar-refractivity contribution in [1.29, 1.82) is 0 Å². The van der Waals surface area contributed by atoms with Crippen molar-refractivity contribution in [3.8, 4) is 0 Å². The highest BCUT2D eigenvalue weighted by molar-refractivity contribution is 5.19. The van der Waals surface area contributed by atoms with Crippen molar-refractivity contribution in [3.63, 3.8) is 0 Å². The lowest BCUT2D eigenvalue weighted by Gasteiger charge is -2.11. The normalized spacial score (nSPS) is 12.8. The highest BCUT2D eigenvalue weighted by Gasteiger charge is 2.04. The Morgan fingerprint density at radius 3 is 2.54 bits per heavy atom. The van der Waals surface area contributed by atoms with Gasteiger partial charge in [0.1, 0.15) is 5.82 Å². The molecule has 0 spiro atoms. The van der Waals surface area contributed by atoms with Crippen LogP contribution in [0.2, 0.25) is 0 Å². The first-order valence-electron chi connectivity index (χ1n) is 4.33. The molecule has 0 saturated carbocycles. The molecule has 1 atom stereocenters. The second-order valence-corrected chi connectivity index (χ2v) is 2.82. The molecular formula is C10H14FNO. The first-order chi connectivity index (χ1) is 6.24. The van der Waals surface area contributed by atoms with Crippen molar-refractivity contribution in [1.82, 2.24) is 0 Å². The van der Waals surface area contributed by atoms with Crippen LogP contribution in [0.4, 0.5) is 4.39 Å². The molecule has 3 heteroatoms. The molecule has 0 aromatic heterocycles. The van der Waals surface area contributed by atoms with Gasteiger partial charge in [-0.05, 0) is 24.6 Å². The van der Waals surface area contributed by atoms with Gasteiger partial charge < -0.3 is 10.5 Å². The van der Waals surface area contributed by atoms with E-state index in [2.05, 4.69) is 0 Å². The maximum Gasteiger partial charge on any atom is 0.123 e. The molecule has 2 N–H and O–H groups in total. The minimum absolute atomic E-state index is 0.166. The van der Waals surface area contributed by atoms with Gasteiger partial charge in [-0.1, -0.05) is 12.1 Å². The molecule has 1 rings (SSSR count). The molecule has 1 aromatic carbocycles. The van der Waals surface area contributed by atoms with Crippen LogP contribution in [-0.2, 0) is 4.74 Å². The van der Waals surface area contributed by atoms with Gasteiger partial charge in [0.15, 0.2) is 0 Å². The molecular weight excluding hydrogens is 169 g/mol. The van der Waals surface area contributed by atoms with Crippen LogP contribution in [0.3, 0.4) is 0 Å². The third-order valence-corrected chi connectivity index (χ3v) is 1.80. The van der Waals surface area contributed by atoms with Gasteiger partial charge in [0.05, 0.1) is 12.6 Å². The summed E-state index contributed by atoms with van der Waals surface area (Å²) in [4.78, 5) is 0. The fraction of sp³-hybridized carbons (Fsp3) is 0.400. The second-order valence-electron chi connectivity index (χ2n) is 2.82. The number of benzene rings is 1. The van der Waals surface area contributed by atoms with E-state index < -0.39 is 0 Å². The number of halogens is 1. The lowest BCUT2D eigenvalue weighted by atomic mass is 10.1. The Morgan fingerprint density at radius 2 is 2.00 bits per heavy atom. The monoisotopic (exact) mass is 183 g/mol. The van der Waals surface area contributed by atoms with Crippen molar-refractivity contribution >= 4 is 0 Å². The van der Waals surface area contributed by atoms with Gasteiger partial charge in [0, 0.05) is 6.61 Å². The van der Waals surface area contributed by atoms with E-state index in [0.717, 1.165) is 5.56 Å². The van der Waals surface area contributed by atoms with Gasteiger partial charge in [0.2, 0.25) is 0 Å². The fourth-order valence-electron chi connectivity index (χ4n) is 1.05. The highest BCUT2D eigenvalue weighted by atomic mass is 19.1. The number of ether oxygens (including phenoxy) is 1. The molecule has 1 aromatic rings. The van der Waals surface area contributed by atoms with Crippen LogP contribution < -0.4 is 5.73 Å². The molecule has 13 heavy (non-hydrogen) atoms. The molecule has 0 saturated heterocycles. The van der Waals surface area contributed by atoms with E-state index in [1.165, 1.54) is 12.1 Å². The van der Waals surface area contributed by atoms with E-state index in [0.29, 0.717) is 13.2 Å². The van der Waals surface area contributed by atoms with Crippen LogP contribution >= 0.6 is 0 Å². The minimum Gasteiger partial charge on any atom is -0.380 e. The second kappa shape index (κ2) is 4.94. The summed E-state index contributed by atoms with van der Waals surface area (Å²) in [5.74, 6) is -0.243. The molecule has 0 unspecified atom stereocenters. The summed E-state index contributed by atoms with van der Waals surface area (Å²) in [6, 6.07) is 6.00. The summed E-state index contributed by atoms with van der Waals surface area (Å²) in [6.07, 6.45) is 0. The molecule has 0 fully saturated rings. The smallest absolute Gasteiger partial charge is 0.123 e. The Kier molecular flexibility index (Phi) is 3.86. The summed E-state index contributed by atoms with van der Waals surface area (Å²) in [5.41, 5.74) is 6.68. The van der Waals surface area contributed by atoms with Crippen LogP contribution in [-0.4, -0.2) is 13.2 Å². The molecule has 0 aliphatic carbocycles. The van der Waals surface area contributed by atoms with Crippen LogP contribution in [0.25, 0.3) is 0 Å². The average molecular weight is 183 g/mol. The SMILES string of the molecule is CCOC[C@@H](N)c1ccc(F)cc1. The minimum atomic E-state index is -0.243. The third-order valence-electron chi connectivity index (χ3n) is 1.80. The zero-order valence-corrected chi connectivity index (χ0v) is 7.66. The van der Waals surface area contributed by atoms with Gasteiger partial charge in [-0.15, -0.1) is 0 Å². The molecule has 0 bridgehead atoms.